The summed E-state index contributed by atoms with van der Waals surface area (Å²) in [5.74, 6) is 0.319. The minimum absolute atomic E-state index is 0.228. The highest BCUT2D eigenvalue weighted by atomic mass is 16.5. The summed E-state index contributed by atoms with van der Waals surface area (Å²) in [6.45, 7) is 14.8. The van der Waals surface area contributed by atoms with Crippen LogP contribution in [0.1, 0.15) is 45.0 Å². The number of benzene rings is 1. The van der Waals surface area contributed by atoms with Crippen LogP contribution >= 0.6 is 0 Å². The lowest BCUT2D eigenvalue weighted by Gasteiger charge is -2.21. The summed E-state index contributed by atoms with van der Waals surface area (Å²) < 4.78 is 22.0. The molecular formula is C21H31NO6. The minimum atomic E-state index is -0.635. The Morgan fingerprint density at radius 3 is 1.93 bits per heavy atom. The highest BCUT2D eigenvalue weighted by Crippen LogP contribution is 2.39. The molecule has 1 amide bonds. The highest BCUT2D eigenvalue weighted by molar-refractivity contribution is 5.92. The number of carbonyl (C=O) groups excluding carboxylic acids is 2. The van der Waals surface area contributed by atoms with Crippen LogP contribution in [0.5, 0.6) is 17.2 Å². The number of nitrogens with zero attached hydrogens (tertiary/aromatic N) is 1. The van der Waals surface area contributed by atoms with Crippen molar-refractivity contribution in [3.05, 3.63) is 29.8 Å². The molecule has 0 aliphatic heterocycles. The van der Waals surface area contributed by atoms with Gasteiger partial charge in [0.1, 0.15) is 0 Å². The van der Waals surface area contributed by atoms with Crippen LogP contribution in [0.2, 0.25) is 0 Å². The number of rotatable bonds is 12. The third-order valence-electron chi connectivity index (χ3n) is 3.67. The fourth-order valence-corrected chi connectivity index (χ4v) is 2.51. The Morgan fingerprint density at radius 2 is 1.50 bits per heavy atom. The van der Waals surface area contributed by atoms with E-state index < -0.39 is 5.97 Å². The smallest absolute Gasteiger partial charge is 0.338 e. The summed E-state index contributed by atoms with van der Waals surface area (Å²) in [7, 11) is 0. The van der Waals surface area contributed by atoms with Crippen molar-refractivity contribution in [3.63, 3.8) is 0 Å². The van der Waals surface area contributed by atoms with Crippen LogP contribution in [0.4, 0.5) is 0 Å². The Labute approximate surface area is 167 Å². The molecule has 1 rings (SSSR count). The second-order valence-corrected chi connectivity index (χ2v) is 6.04. The summed E-state index contributed by atoms with van der Waals surface area (Å²) in [5, 5.41) is 0. The molecule has 0 heterocycles. The third kappa shape index (κ3) is 6.79. The molecular weight excluding hydrogens is 362 g/mol. The fraction of sp³-hybridized carbons (Fsp3) is 0.524. The van der Waals surface area contributed by atoms with E-state index in [1.165, 1.54) is 12.1 Å². The maximum Gasteiger partial charge on any atom is 0.338 e. The molecule has 7 nitrogen and oxygen atoms in total. The van der Waals surface area contributed by atoms with Gasteiger partial charge < -0.3 is 23.8 Å². The molecule has 156 valence electrons. The molecule has 1 aromatic rings. The van der Waals surface area contributed by atoms with E-state index in [0.717, 1.165) is 5.57 Å². The number of carbonyl (C=O) groups is 2. The molecule has 0 aromatic heterocycles. The van der Waals surface area contributed by atoms with Crippen molar-refractivity contribution in [3.8, 4) is 17.2 Å². The summed E-state index contributed by atoms with van der Waals surface area (Å²) in [4.78, 5) is 26.3. The molecule has 0 bridgehead atoms. The van der Waals surface area contributed by atoms with Gasteiger partial charge in [-0.2, -0.15) is 0 Å². The quantitative estimate of drug-likeness (QED) is 0.400. The summed E-state index contributed by atoms with van der Waals surface area (Å²) in [6, 6.07) is 3.07. The van der Waals surface area contributed by atoms with Gasteiger partial charge in [-0.1, -0.05) is 12.2 Å². The van der Waals surface area contributed by atoms with Gasteiger partial charge in [-0.15, -0.1) is 0 Å². The zero-order valence-corrected chi connectivity index (χ0v) is 17.5. The summed E-state index contributed by atoms with van der Waals surface area (Å²) >= 11 is 0. The van der Waals surface area contributed by atoms with Gasteiger partial charge in [-0.25, -0.2) is 4.79 Å². The lowest BCUT2D eigenvalue weighted by molar-refractivity contribution is -0.133. The van der Waals surface area contributed by atoms with Crippen molar-refractivity contribution in [1.82, 2.24) is 4.90 Å². The van der Waals surface area contributed by atoms with E-state index in [0.29, 0.717) is 50.2 Å². The van der Waals surface area contributed by atoms with Gasteiger partial charge in [-0.05, 0) is 46.8 Å². The maximum atomic E-state index is 12.5. The highest BCUT2D eigenvalue weighted by Gasteiger charge is 2.21. The van der Waals surface area contributed by atoms with Crippen molar-refractivity contribution < 1.29 is 28.5 Å². The minimum Gasteiger partial charge on any atom is -0.490 e. The Balaban J connectivity index is 3.00. The van der Waals surface area contributed by atoms with Gasteiger partial charge in [-0.3, -0.25) is 4.79 Å². The molecule has 0 atom stereocenters. The van der Waals surface area contributed by atoms with Crippen LogP contribution in [0.3, 0.4) is 0 Å². The fourth-order valence-electron chi connectivity index (χ4n) is 2.51. The predicted octanol–water partition coefficient (Wildman–Crippen LogP) is 3.46. The Morgan fingerprint density at radius 1 is 0.964 bits per heavy atom. The van der Waals surface area contributed by atoms with Crippen molar-refractivity contribution in [2.75, 3.05) is 39.5 Å². The average molecular weight is 393 g/mol. The van der Waals surface area contributed by atoms with Crippen molar-refractivity contribution in [2.45, 2.75) is 34.6 Å². The van der Waals surface area contributed by atoms with Gasteiger partial charge in [0.15, 0.2) is 18.1 Å². The van der Waals surface area contributed by atoms with Crippen molar-refractivity contribution in [2.24, 2.45) is 0 Å². The lowest BCUT2D eigenvalue weighted by Crippen LogP contribution is -2.35. The van der Waals surface area contributed by atoms with Crippen LogP contribution < -0.4 is 14.2 Å². The second-order valence-electron chi connectivity index (χ2n) is 6.04. The Bertz CT molecular complexity index is 658. The standard InChI is InChI=1S/C21H31NO6/c1-7-22(13-15(5)6)19(23)14-28-21(24)16-11-17(25-8-2)20(27-10-4)18(12-16)26-9-3/h11-12H,5,7-10,13-14H2,1-4,6H3. The molecule has 0 saturated heterocycles. The van der Waals surface area contributed by atoms with E-state index in [1.807, 2.05) is 34.6 Å². The molecule has 0 aliphatic carbocycles. The van der Waals surface area contributed by atoms with E-state index in [1.54, 1.807) is 4.90 Å². The predicted molar refractivity (Wildman–Crippen MR) is 107 cm³/mol. The topological polar surface area (TPSA) is 74.3 Å². The van der Waals surface area contributed by atoms with Gasteiger partial charge in [0.25, 0.3) is 5.91 Å². The van der Waals surface area contributed by atoms with E-state index in [-0.39, 0.29) is 18.1 Å². The molecule has 0 saturated carbocycles. The van der Waals surface area contributed by atoms with E-state index in [9.17, 15) is 9.59 Å². The first-order chi connectivity index (χ1) is 13.4. The van der Waals surface area contributed by atoms with Crippen molar-refractivity contribution in [1.29, 1.82) is 0 Å². The first-order valence-corrected chi connectivity index (χ1v) is 9.53. The maximum absolute atomic E-state index is 12.5. The molecule has 0 N–H and O–H groups in total. The SMILES string of the molecule is C=C(C)CN(CC)C(=O)COC(=O)c1cc(OCC)c(OCC)c(OCC)c1. The third-order valence-corrected chi connectivity index (χ3v) is 3.67. The number of ether oxygens (including phenoxy) is 4. The summed E-state index contributed by atoms with van der Waals surface area (Å²) in [5.41, 5.74) is 1.09. The lowest BCUT2D eigenvalue weighted by atomic mass is 10.2. The molecule has 0 unspecified atom stereocenters. The monoisotopic (exact) mass is 393 g/mol. The Hall–Kier alpha value is -2.70. The first-order valence-electron chi connectivity index (χ1n) is 9.53. The summed E-state index contributed by atoms with van der Waals surface area (Å²) in [6.07, 6.45) is 0. The van der Waals surface area contributed by atoms with Crippen LogP contribution in [-0.2, 0) is 9.53 Å². The van der Waals surface area contributed by atoms with Crippen LogP contribution in [0.25, 0.3) is 0 Å². The van der Waals surface area contributed by atoms with Gasteiger partial charge in [0, 0.05) is 13.1 Å². The molecule has 7 heteroatoms. The molecule has 0 aliphatic rings. The number of amides is 1. The van der Waals surface area contributed by atoms with E-state index in [4.69, 9.17) is 18.9 Å². The van der Waals surface area contributed by atoms with Crippen LogP contribution in [-0.4, -0.2) is 56.3 Å². The van der Waals surface area contributed by atoms with Gasteiger partial charge in [0.2, 0.25) is 5.75 Å². The average Bonchev–Trinajstić information content (AvgIpc) is 2.66. The van der Waals surface area contributed by atoms with E-state index >= 15 is 0 Å². The van der Waals surface area contributed by atoms with Crippen molar-refractivity contribution >= 4 is 11.9 Å². The normalized spacial score (nSPS) is 10.2. The van der Waals surface area contributed by atoms with Crippen LogP contribution in [0, 0.1) is 0 Å². The number of hydrogen-bond acceptors (Lipinski definition) is 6. The molecule has 0 spiro atoms. The Kier molecular flexibility index (Phi) is 9.92. The molecule has 28 heavy (non-hydrogen) atoms. The largest absolute Gasteiger partial charge is 0.490 e. The van der Waals surface area contributed by atoms with E-state index in [2.05, 4.69) is 6.58 Å². The zero-order chi connectivity index (χ0) is 21.1. The number of esters is 1. The molecule has 0 fully saturated rings. The second kappa shape index (κ2) is 11.9. The van der Waals surface area contributed by atoms with Gasteiger partial charge >= 0.3 is 5.97 Å². The number of hydrogen-bond donors (Lipinski definition) is 0. The zero-order valence-electron chi connectivity index (χ0n) is 17.5. The number of likely N-dealkylation sites (N-methyl/N-ethyl adjacent to an activating group) is 1. The molecule has 0 radical (unpaired) electrons. The first kappa shape index (κ1) is 23.3. The van der Waals surface area contributed by atoms with Crippen LogP contribution in [0.15, 0.2) is 24.3 Å². The van der Waals surface area contributed by atoms with Gasteiger partial charge in [0.05, 0.1) is 25.4 Å². The molecule has 1 aromatic carbocycles.